The molecule has 0 N–H and O–H groups in total. The van der Waals surface area contributed by atoms with Crippen molar-refractivity contribution < 1.29 is 9.53 Å². The van der Waals surface area contributed by atoms with Crippen molar-refractivity contribution in [1.82, 2.24) is 15.0 Å². The first-order valence-electron chi connectivity index (χ1n) is 7.97. The number of hydrogen-bond donors (Lipinski definition) is 0. The molecule has 7 heteroatoms. The van der Waals surface area contributed by atoms with E-state index in [1.165, 1.54) is 0 Å². The van der Waals surface area contributed by atoms with Crippen LogP contribution in [0.4, 0.5) is 5.69 Å². The molecule has 0 spiro atoms. The van der Waals surface area contributed by atoms with Crippen LogP contribution in [0, 0.1) is 6.92 Å². The molecule has 0 bridgehead atoms. The Hall–Kier alpha value is -2.80. The fourth-order valence-electron chi connectivity index (χ4n) is 2.75. The quantitative estimate of drug-likeness (QED) is 0.722. The second-order valence-electron chi connectivity index (χ2n) is 5.74. The van der Waals surface area contributed by atoms with Crippen molar-refractivity contribution in [2.45, 2.75) is 19.4 Å². The number of carbonyl (C=O) groups is 1. The molecule has 0 radical (unpaired) electrons. The van der Waals surface area contributed by atoms with Crippen LogP contribution in [0.5, 0.6) is 5.75 Å². The van der Waals surface area contributed by atoms with E-state index in [4.69, 9.17) is 4.74 Å². The van der Waals surface area contributed by atoms with E-state index in [0.717, 1.165) is 10.6 Å². The van der Waals surface area contributed by atoms with Crippen LogP contribution in [0.1, 0.15) is 12.2 Å². The van der Waals surface area contributed by atoms with Crippen LogP contribution in [0.15, 0.2) is 48.2 Å². The topological polar surface area (TPSA) is 68.2 Å². The Balaban J connectivity index is 1.45. The minimum atomic E-state index is -0.480. The summed E-state index contributed by atoms with van der Waals surface area (Å²) in [6.07, 6.45) is 5.29. The second kappa shape index (κ2) is 6.60. The molecule has 1 amide bonds. The van der Waals surface area contributed by atoms with Gasteiger partial charge in [0.1, 0.15) is 16.6 Å². The Labute approximate surface area is 149 Å². The highest BCUT2D eigenvalue weighted by atomic mass is 32.1. The molecular formula is C18H16N4O2S. The fourth-order valence-corrected chi connectivity index (χ4v) is 3.40. The molecule has 126 valence electrons. The number of aryl methyl sites for hydroxylation is 1. The minimum Gasteiger partial charge on any atom is -0.481 e. The molecule has 1 aliphatic rings. The summed E-state index contributed by atoms with van der Waals surface area (Å²) in [7, 11) is 0. The summed E-state index contributed by atoms with van der Waals surface area (Å²) in [4.78, 5) is 26.8. The highest BCUT2D eigenvalue weighted by Gasteiger charge is 2.34. The lowest BCUT2D eigenvalue weighted by Crippen LogP contribution is -2.32. The molecule has 1 fully saturated rings. The van der Waals surface area contributed by atoms with E-state index >= 15 is 0 Å². The van der Waals surface area contributed by atoms with Gasteiger partial charge in [0.15, 0.2) is 6.10 Å². The highest BCUT2D eigenvalue weighted by molar-refractivity contribution is 7.13. The van der Waals surface area contributed by atoms with Gasteiger partial charge in [-0.3, -0.25) is 4.79 Å². The van der Waals surface area contributed by atoms with E-state index in [2.05, 4.69) is 15.0 Å². The minimum absolute atomic E-state index is 0.0588. The average Bonchev–Trinajstić information content (AvgIpc) is 3.28. The van der Waals surface area contributed by atoms with Gasteiger partial charge in [0.25, 0.3) is 5.91 Å². The zero-order valence-corrected chi connectivity index (χ0v) is 14.4. The smallest absolute Gasteiger partial charge is 0.268 e. The number of carbonyl (C=O) groups excluding carboxylic acids is 1. The van der Waals surface area contributed by atoms with E-state index in [9.17, 15) is 4.79 Å². The number of hydrogen-bond acceptors (Lipinski definition) is 6. The first-order valence-corrected chi connectivity index (χ1v) is 8.85. The van der Waals surface area contributed by atoms with Gasteiger partial charge in [-0.2, -0.15) is 0 Å². The SMILES string of the molecule is Cc1ncc(N2CC[C@@H](Oc3ccc(-c4nccs4)cc3)C2=O)cn1. The zero-order valence-electron chi connectivity index (χ0n) is 13.6. The number of thiazole rings is 1. The van der Waals surface area contributed by atoms with Crippen molar-refractivity contribution in [3.8, 4) is 16.3 Å². The van der Waals surface area contributed by atoms with Gasteiger partial charge in [0.05, 0.1) is 18.1 Å². The van der Waals surface area contributed by atoms with E-state index < -0.39 is 6.10 Å². The maximum absolute atomic E-state index is 12.6. The molecule has 25 heavy (non-hydrogen) atoms. The van der Waals surface area contributed by atoms with E-state index in [1.807, 2.05) is 36.6 Å². The molecule has 6 nitrogen and oxygen atoms in total. The lowest BCUT2D eigenvalue weighted by molar-refractivity contribution is -0.122. The summed E-state index contributed by atoms with van der Waals surface area (Å²) >= 11 is 1.59. The van der Waals surface area contributed by atoms with E-state index in [0.29, 0.717) is 30.2 Å². The second-order valence-corrected chi connectivity index (χ2v) is 6.63. The number of amides is 1. The average molecular weight is 352 g/mol. The van der Waals surface area contributed by atoms with Crippen LogP contribution in [0.25, 0.3) is 10.6 Å². The molecule has 0 unspecified atom stereocenters. The lowest BCUT2D eigenvalue weighted by Gasteiger charge is -2.16. The summed E-state index contributed by atoms with van der Waals surface area (Å²) < 4.78 is 5.89. The normalized spacial score (nSPS) is 17.1. The summed E-state index contributed by atoms with van der Waals surface area (Å²) in [5, 5.41) is 2.91. The monoisotopic (exact) mass is 352 g/mol. The molecule has 2 aromatic heterocycles. The molecule has 1 aromatic carbocycles. The molecular weight excluding hydrogens is 336 g/mol. The molecule has 1 atom stereocenters. The van der Waals surface area contributed by atoms with Crippen molar-refractivity contribution in [2.24, 2.45) is 0 Å². The standard InChI is InChI=1S/C18H16N4O2S/c1-12-20-10-14(11-21-12)22-8-6-16(18(22)23)24-15-4-2-13(3-5-15)17-19-7-9-25-17/h2-5,7,9-11,16H,6,8H2,1H3/t16-/m1/s1. The van der Waals surface area contributed by atoms with Crippen LogP contribution in [0.2, 0.25) is 0 Å². The van der Waals surface area contributed by atoms with Gasteiger partial charge in [0.2, 0.25) is 0 Å². The van der Waals surface area contributed by atoms with Gasteiger partial charge in [-0.05, 0) is 31.2 Å². The molecule has 3 aromatic rings. The van der Waals surface area contributed by atoms with Gasteiger partial charge < -0.3 is 9.64 Å². The number of rotatable bonds is 4. The molecule has 1 saturated heterocycles. The number of benzene rings is 1. The van der Waals surface area contributed by atoms with Crippen molar-refractivity contribution in [3.63, 3.8) is 0 Å². The van der Waals surface area contributed by atoms with Crippen LogP contribution < -0.4 is 9.64 Å². The van der Waals surface area contributed by atoms with Crippen molar-refractivity contribution >= 4 is 22.9 Å². The Bertz CT molecular complexity index is 863. The molecule has 4 rings (SSSR count). The van der Waals surface area contributed by atoms with E-state index in [-0.39, 0.29) is 5.91 Å². The Morgan fingerprint density at radius 2 is 1.92 bits per heavy atom. The number of aromatic nitrogens is 3. The Morgan fingerprint density at radius 1 is 1.16 bits per heavy atom. The lowest BCUT2D eigenvalue weighted by atomic mass is 10.2. The van der Waals surface area contributed by atoms with Gasteiger partial charge in [0, 0.05) is 30.1 Å². The summed E-state index contributed by atoms with van der Waals surface area (Å²) in [6, 6.07) is 7.67. The van der Waals surface area contributed by atoms with E-state index in [1.54, 1.807) is 34.8 Å². The first kappa shape index (κ1) is 15.7. The molecule has 0 saturated carbocycles. The predicted molar refractivity (Wildman–Crippen MR) is 95.7 cm³/mol. The molecule has 0 aliphatic carbocycles. The Kier molecular flexibility index (Phi) is 4.15. The van der Waals surface area contributed by atoms with Gasteiger partial charge in [-0.15, -0.1) is 11.3 Å². The number of anilines is 1. The largest absolute Gasteiger partial charge is 0.481 e. The van der Waals surface area contributed by atoms with Gasteiger partial charge >= 0.3 is 0 Å². The van der Waals surface area contributed by atoms with Crippen molar-refractivity contribution in [2.75, 3.05) is 11.4 Å². The number of nitrogens with zero attached hydrogens (tertiary/aromatic N) is 4. The summed E-state index contributed by atoms with van der Waals surface area (Å²) in [6.45, 7) is 2.42. The molecule has 1 aliphatic heterocycles. The first-order chi connectivity index (χ1) is 12.2. The summed E-state index contributed by atoms with van der Waals surface area (Å²) in [5.74, 6) is 1.31. The fraction of sp³-hybridized carbons (Fsp3) is 0.222. The third-order valence-electron chi connectivity index (χ3n) is 4.05. The van der Waals surface area contributed by atoms with Crippen molar-refractivity contribution in [3.05, 3.63) is 54.1 Å². The maximum Gasteiger partial charge on any atom is 0.268 e. The molecule has 3 heterocycles. The van der Waals surface area contributed by atoms with Gasteiger partial charge in [-0.25, -0.2) is 15.0 Å². The Morgan fingerprint density at radius 3 is 2.60 bits per heavy atom. The number of ether oxygens (including phenoxy) is 1. The maximum atomic E-state index is 12.6. The summed E-state index contributed by atoms with van der Waals surface area (Å²) in [5.41, 5.74) is 1.75. The van der Waals surface area contributed by atoms with Crippen molar-refractivity contribution in [1.29, 1.82) is 0 Å². The van der Waals surface area contributed by atoms with Crippen LogP contribution in [0.3, 0.4) is 0 Å². The van der Waals surface area contributed by atoms with Crippen LogP contribution >= 0.6 is 11.3 Å². The zero-order chi connectivity index (χ0) is 17.2. The van der Waals surface area contributed by atoms with Gasteiger partial charge in [-0.1, -0.05) is 0 Å². The van der Waals surface area contributed by atoms with Crippen LogP contribution in [-0.4, -0.2) is 33.5 Å². The van der Waals surface area contributed by atoms with Crippen LogP contribution in [-0.2, 0) is 4.79 Å². The third-order valence-corrected chi connectivity index (χ3v) is 4.87. The highest BCUT2D eigenvalue weighted by Crippen LogP contribution is 2.27. The predicted octanol–water partition coefficient (Wildman–Crippen LogP) is 3.09. The third kappa shape index (κ3) is 3.23.